The number of hydrogen-bond donors (Lipinski definition) is 2. The highest BCUT2D eigenvalue weighted by Crippen LogP contribution is 2.32. The molecule has 6 heteroatoms. The summed E-state index contributed by atoms with van der Waals surface area (Å²) >= 11 is 0. The number of nitrogens with one attached hydrogen (secondary N) is 1. The lowest BCUT2D eigenvalue weighted by Gasteiger charge is -2.28. The molecular formula is C10H19F2N3O. The normalized spacial score (nSPS) is 30.2. The number of hydrogen-bond acceptors (Lipinski definition) is 3. The fourth-order valence-electron chi connectivity index (χ4n) is 2.34. The van der Waals surface area contributed by atoms with Crippen LogP contribution in [0.5, 0.6) is 0 Å². The zero-order valence-electron chi connectivity index (χ0n) is 9.67. The number of halogens is 2. The van der Waals surface area contributed by atoms with Crippen molar-refractivity contribution in [2.75, 3.05) is 20.6 Å². The number of nitrogens with zero attached hydrogens (tertiary/aromatic N) is 1. The minimum absolute atomic E-state index is 0.00560. The monoisotopic (exact) mass is 235 g/mol. The molecule has 1 aliphatic carbocycles. The van der Waals surface area contributed by atoms with Gasteiger partial charge in [0, 0.05) is 6.04 Å². The van der Waals surface area contributed by atoms with Crippen LogP contribution in [-0.2, 0) is 4.79 Å². The molecule has 0 spiro atoms. The van der Waals surface area contributed by atoms with Gasteiger partial charge in [0.1, 0.15) is 0 Å². The fourth-order valence-corrected chi connectivity index (χ4v) is 2.34. The highest BCUT2D eigenvalue weighted by molar-refractivity contribution is 5.85. The van der Waals surface area contributed by atoms with E-state index in [1.165, 1.54) is 0 Å². The minimum atomic E-state index is -2.34. The van der Waals surface area contributed by atoms with Crippen molar-refractivity contribution in [2.24, 2.45) is 5.73 Å². The van der Waals surface area contributed by atoms with Gasteiger partial charge in [0.25, 0.3) is 6.43 Å². The first-order valence-corrected chi connectivity index (χ1v) is 5.38. The van der Waals surface area contributed by atoms with E-state index in [1.807, 2.05) is 0 Å². The van der Waals surface area contributed by atoms with Gasteiger partial charge in [0.2, 0.25) is 5.91 Å². The zero-order chi connectivity index (χ0) is 12.3. The number of primary amides is 1. The van der Waals surface area contributed by atoms with Gasteiger partial charge < -0.3 is 11.1 Å². The molecule has 3 N–H and O–H groups in total. The molecule has 1 fully saturated rings. The van der Waals surface area contributed by atoms with Crippen LogP contribution in [-0.4, -0.2) is 49.5 Å². The van der Waals surface area contributed by atoms with Crippen LogP contribution in [0.2, 0.25) is 0 Å². The van der Waals surface area contributed by atoms with Gasteiger partial charge >= 0.3 is 0 Å². The Morgan fingerprint density at radius 3 is 2.69 bits per heavy atom. The van der Waals surface area contributed by atoms with Crippen molar-refractivity contribution in [3.8, 4) is 0 Å². The lowest BCUT2D eigenvalue weighted by atomic mass is 9.96. The van der Waals surface area contributed by atoms with E-state index in [0.717, 1.165) is 0 Å². The Morgan fingerprint density at radius 1 is 1.69 bits per heavy atom. The van der Waals surface area contributed by atoms with Gasteiger partial charge in [-0.1, -0.05) is 0 Å². The maximum absolute atomic E-state index is 12.2. The number of carbonyl (C=O) groups is 1. The molecular weight excluding hydrogens is 216 g/mol. The number of rotatable bonds is 5. The van der Waals surface area contributed by atoms with Crippen molar-refractivity contribution in [3.63, 3.8) is 0 Å². The Morgan fingerprint density at radius 2 is 2.31 bits per heavy atom. The van der Waals surface area contributed by atoms with Crippen molar-refractivity contribution in [1.82, 2.24) is 10.2 Å². The van der Waals surface area contributed by atoms with Gasteiger partial charge in [-0.25, -0.2) is 8.78 Å². The molecule has 2 unspecified atom stereocenters. The molecule has 2 atom stereocenters. The van der Waals surface area contributed by atoms with Crippen molar-refractivity contribution in [1.29, 1.82) is 0 Å². The van der Waals surface area contributed by atoms with Gasteiger partial charge in [-0.05, 0) is 33.4 Å². The quantitative estimate of drug-likeness (QED) is 0.714. The van der Waals surface area contributed by atoms with Crippen LogP contribution in [0.15, 0.2) is 0 Å². The minimum Gasteiger partial charge on any atom is -0.368 e. The molecule has 0 aromatic rings. The number of likely N-dealkylation sites (N-methyl/N-ethyl adjacent to an activating group) is 1. The predicted octanol–water partition coefficient (Wildman–Crippen LogP) is 0.179. The van der Waals surface area contributed by atoms with E-state index in [9.17, 15) is 13.6 Å². The van der Waals surface area contributed by atoms with Gasteiger partial charge in [-0.15, -0.1) is 0 Å². The Balaban J connectivity index is 2.60. The smallest absolute Gasteiger partial charge is 0.251 e. The second-order valence-electron chi connectivity index (χ2n) is 4.42. The van der Waals surface area contributed by atoms with Crippen LogP contribution in [0.1, 0.15) is 19.3 Å². The van der Waals surface area contributed by atoms with E-state index in [0.29, 0.717) is 19.3 Å². The second kappa shape index (κ2) is 5.05. The van der Waals surface area contributed by atoms with Crippen LogP contribution in [0.25, 0.3) is 0 Å². The topological polar surface area (TPSA) is 58.4 Å². The molecule has 0 aliphatic heterocycles. The highest BCUT2D eigenvalue weighted by Gasteiger charge is 2.44. The molecule has 0 aromatic heterocycles. The molecule has 1 amide bonds. The van der Waals surface area contributed by atoms with Crippen LogP contribution >= 0.6 is 0 Å². The lowest BCUT2D eigenvalue weighted by molar-refractivity contribution is -0.124. The van der Waals surface area contributed by atoms with Crippen LogP contribution in [0.4, 0.5) is 8.78 Å². The van der Waals surface area contributed by atoms with Gasteiger partial charge in [-0.2, -0.15) is 0 Å². The molecule has 1 rings (SSSR count). The van der Waals surface area contributed by atoms with E-state index >= 15 is 0 Å². The highest BCUT2D eigenvalue weighted by atomic mass is 19.3. The number of amides is 1. The Kier molecular flexibility index (Phi) is 4.21. The summed E-state index contributed by atoms with van der Waals surface area (Å²) in [5.41, 5.74) is 4.62. The average Bonchev–Trinajstić information content (AvgIpc) is 2.61. The largest absolute Gasteiger partial charge is 0.368 e. The summed E-state index contributed by atoms with van der Waals surface area (Å²) in [6.07, 6.45) is -0.519. The van der Waals surface area contributed by atoms with E-state index in [4.69, 9.17) is 5.73 Å². The average molecular weight is 235 g/mol. The summed E-state index contributed by atoms with van der Waals surface area (Å²) in [5, 5.41) is 2.93. The van der Waals surface area contributed by atoms with Crippen molar-refractivity contribution in [2.45, 2.75) is 37.3 Å². The maximum Gasteiger partial charge on any atom is 0.251 e. The van der Waals surface area contributed by atoms with Gasteiger partial charge in [0.05, 0.1) is 12.1 Å². The maximum atomic E-state index is 12.2. The molecule has 1 aliphatic rings. The molecule has 16 heavy (non-hydrogen) atoms. The van der Waals surface area contributed by atoms with Crippen LogP contribution < -0.4 is 11.1 Å². The molecule has 1 saturated carbocycles. The molecule has 0 saturated heterocycles. The zero-order valence-corrected chi connectivity index (χ0v) is 9.67. The van der Waals surface area contributed by atoms with Crippen LogP contribution in [0, 0.1) is 0 Å². The summed E-state index contributed by atoms with van der Waals surface area (Å²) in [5.74, 6) is -0.400. The molecule has 0 bridgehead atoms. The third kappa shape index (κ3) is 2.68. The summed E-state index contributed by atoms with van der Waals surface area (Å²) in [6, 6.07) is -0.00560. The lowest BCUT2D eigenvalue weighted by Crippen LogP contribution is -2.53. The third-order valence-electron chi connectivity index (χ3n) is 3.49. The van der Waals surface area contributed by atoms with Crippen molar-refractivity contribution >= 4 is 5.91 Å². The summed E-state index contributed by atoms with van der Waals surface area (Å²) < 4.78 is 24.4. The fraction of sp³-hybridized carbons (Fsp3) is 0.900. The summed E-state index contributed by atoms with van der Waals surface area (Å²) in [4.78, 5) is 12.9. The number of nitrogens with two attached hydrogens (primary N) is 1. The van der Waals surface area contributed by atoms with E-state index in [1.54, 1.807) is 19.0 Å². The number of alkyl halides is 2. The molecule has 4 nitrogen and oxygen atoms in total. The SMILES string of the molecule is CNC1(C(N)=O)CCC(N(C)CC(F)F)C1. The van der Waals surface area contributed by atoms with Crippen molar-refractivity contribution < 1.29 is 13.6 Å². The second-order valence-corrected chi connectivity index (χ2v) is 4.42. The van der Waals surface area contributed by atoms with E-state index < -0.39 is 17.9 Å². The summed E-state index contributed by atoms with van der Waals surface area (Å²) in [6.45, 7) is -0.261. The Hall–Kier alpha value is -0.750. The Bertz CT molecular complexity index is 262. The molecule has 0 radical (unpaired) electrons. The van der Waals surface area contributed by atoms with Gasteiger partial charge in [-0.3, -0.25) is 9.69 Å². The molecule has 0 heterocycles. The summed E-state index contributed by atoms with van der Waals surface area (Å²) in [7, 11) is 3.34. The first-order valence-electron chi connectivity index (χ1n) is 5.38. The predicted molar refractivity (Wildman–Crippen MR) is 57.3 cm³/mol. The van der Waals surface area contributed by atoms with Crippen molar-refractivity contribution in [3.05, 3.63) is 0 Å². The Labute approximate surface area is 94.2 Å². The van der Waals surface area contributed by atoms with E-state index in [2.05, 4.69) is 5.32 Å². The van der Waals surface area contributed by atoms with Gasteiger partial charge in [0.15, 0.2) is 0 Å². The molecule has 0 aromatic carbocycles. The van der Waals surface area contributed by atoms with Crippen LogP contribution in [0.3, 0.4) is 0 Å². The standard InChI is InChI=1S/C10H19F2N3O/c1-14-10(9(13)16)4-3-7(5-10)15(2)6-8(11)12/h7-8,14H,3-6H2,1-2H3,(H2,13,16). The molecule has 94 valence electrons. The third-order valence-corrected chi connectivity index (χ3v) is 3.49. The number of carbonyl (C=O) groups excluding carboxylic acids is 1. The first kappa shape index (κ1) is 13.3. The van der Waals surface area contributed by atoms with E-state index in [-0.39, 0.29) is 12.6 Å². The first-order chi connectivity index (χ1) is 7.41.